The van der Waals surface area contributed by atoms with Gasteiger partial charge in [-0.2, -0.15) is 0 Å². The lowest BCUT2D eigenvalue weighted by Gasteiger charge is -2.18. The first kappa shape index (κ1) is 28.6. The standard InChI is InChI=1S/C50H28O3/c1-3-17-33-31(15-1)45(40-23-12-21-37-30-14-6-9-25-43(30)52-49(37)40)32-16-2-4-18-34(32)46(33)41-28-27-35(47-39-19-7-10-26-44(39)53-50(41)47)38-22-11-20-36-29-13-5-8-24-42(29)51-48(36)38/h1-28H. The first-order valence-corrected chi connectivity index (χ1v) is 18.0. The van der Waals surface area contributed by atoms with Gasteiger partial charge in [-0.3, -0.25) is 0 Å². The van der Waals surface area contributed by atoms with Crippen LogP contribution in [0.15, 0.2) is 183 Å². The molecule has 0 amide bonds. The highest BCUT2D eigenvalue weighted by Crippen LogP contribution is 2.50. The third kappa shape index (κ3) is 3.94. The summed E-state index contributed by atoms with van der Waals surface area (Å²) in [4.78, 5) is 0. The molecule has 0 spiro atoms. The molecule has 0 saturated carbocycles. The average molecular weight is 677 g/mol. The summed E-state index contributed by atoms with van der Waals surface area (Å²) in [7, 11) is 0. The summed E-state index contributed by atoms with van der Waals surface area (Å²) in [5, 5.41) is 11.3. The minimum atomic E-state index is 0.856. The van der Waals surface area contributed by atoms with Gasteiger partial charge >= 0.3 is 0 Å². The number of furan rings is 3. The van der Waals surface area contributed by atoms with Gasteiger partial charge in [-0.15, -0.1) is 0 Å². The molecule has 246 valence electrons. The number of hydrogen-bond donors (Lipinski definition) is 0. The fraction of sp³-hybridized carbons (Fsp3) is 0. The van der Waals surface area contributed by atoms with Crippen molar-refractivity contribution in [3.63, 3.8) is 0 Å². The summed E-state index contributed by atoms with van der Waals surface area (Å²) in [6.07, 6.45) is 0. The number of benzene rings is 9. The third-order valence-corrected chi connectivity index (χ3v) is 11.1. The second kappa shape index (κ2) is 10.7. The van der Waals surface area contributed by atoms with Crippen molar-refractivity contribution in [1.29, 1.82) is 0 Å². The third-order valence-electron chi connectivity index (χ3n) is 11.1. The van der Waals surface area contributed by atoms with Crippen LogP contribution in [0.2, 0.25) is 0 Å². The molecule has 0 bridgehead atoms. The van der Waals surface area contributed by atoms with Crippen molar-refractivity contribution in [3.8, 4) is 33.4 Å². The smallest absolute Gasteiger partial charge is 0.143 e. The van der Waals surface area contributed by atoms with Crippen LogP contribution >= 0.6 is 0 Å². The van der Waals surface area contributed by atoms with Gasteiger partial charge in [0.15, 0.2) is 0 Å². The Morgan fingerprint density at radius 1 is 0.226 bits per heavy atom. The summed E-state index contributed by atoms with van der Waals surface area (Å²) >= 11 is 0. The van der Waals surface area contributed by atoms with Gasteiger partial charge in [0.2, 0.25) is 0 Å². The lowest BCUT2D eigenvalue weighted by atomic mass is 9.84. The molecule has 12 rings (SSSR count). The molecule has 53 heavy (non-hydrogen) atoms. The number of rotatable bonds is 3. The van der Waals surface area contributed by atoms with Gasteiger partial charge in [-0.1, -0.05) is 146 Å². The van der Waals surface area contributed by atoms with Crippen molar-refractivity contribution in [2.75, 3.05) is 0 Å². The molecule has 0 atom stereocenters. The molecule has 9 aromatic carbocycles. The number of para-hydroxylation sites is 5. The Labute approximate surface area is 302 Å². The molecular weight excluding hydrogens is 649 g/mol. The topological polar surface area (TPSA) is 39.4 Å². The van der Waals surface area contributed by atoms with Gasteiger partial charge in [0, 0.05) is 60.1 Å². The second-order valence-electron chi connectivity index (χ2n) is 13.9. The van der Waals surface area contributed by atoms with Crippen molar-refractivity contribution >= 4 is 87.4 Å². The minimum absolute atomic E-state index is 0.856. The van der Waals surface area contributed by atoms with E-state index in [0.717, 1.165) is 115 Å². The van der Waals surface area contributed by atoms with Crippen LogP contribution in [0.5, 0.6) is 0 Å². The van der Waals surface area contributed by atoms with Crippen molar-refractivity contribution in [1.82, 2.24) is 0 Å². The van der Waals surface area contributed by atoms with Crippen molar-refractivity contribution < 1.29 is 13.3 Å². The van der Waals surface area contributed by atoms with Crippen LogP contribution in [0.3, 0.4) is 0 Å². The van der Waals surface area contributed by atoms with E-state index in [1.54, 1.807) is 0 Å². The largest absolute Gasteiger partial charge is 0.455 e. The van der Waals surface area contributed by atoms with Crippen LogP contribution in [0.4, 0.5) is 0 Å². The highest BCUT2D eigenvalue weighted by Gasteiger charge is 2.24. The van der Waals surface area contributed by atoms with Gasteiger partial charge in [0.25, 0.3) is 0 Å². The maximum absolute atomic E-state index is 6.93. The lowest BCUT2D eigenvalue weighted by Crippen LogP contribution is -1.92. The van der Waals surface area contributed by atoms with Gasteiger partial charge in [-0.25, -0.2) is 0 Å². The fourth-order valence-corrected chi connectivity index (χ4v) is 8.86. The molecule has 0 aliphatic rings. The quantitative estimate of drug-likeness (QED) is 0.175. The molecule has 3 nitrogen and oxygen atoms in total. The molecular formula is C50H28O3. The zero-order valence-corrected chi connectivity index (χ0v) is 28.4. The molecule has 0 saturated heterocycles. The predicted molar refractivity (Wildman–Crippen MR) is 220 cm³/mol. The SMILES string of the molecule is c1ccc2c(c1)oc1c(-c3c4ccccc4c(-c4ccc(-c5cccc6c5oc5ccccc56)c5c4oc4ccccc45)c4ccccc34)cccc12. The molecule has 3 heterocycles. The van der Waals surface area contributed by atoms with E-state index in [4.69, 9.17) is 13.3 Å². The van der Waals surface area contributed by atoms with E-state index in [9.17, 15) is 0 Å². The molecule has 0 unspecified atom stereocenters. The number of fused-ring (bicyclic) bond motifs is 11. The normalized spacial score (nSPS) is 12.2. The van der Waals surface area contributed by atoms with Crippen LogP contribution in [-0.2, 0) is 0 Å². The maximum atomic E-state index is 6.93. The molecule has 3 heteroatoms. The average Bonchev–Trinajstić information content (AvgIpc) is 3.92. The molecule has 0 aliphatic carbocycles. The molecule has 0 radical (unpaired) electrons. The van der Waals surface area contributed by atoms with E-state index >= 15 is 0 Å². The van der Waals surface area contributed by atoms with Crippen LogP contribution in [0.25, 0.3) is 121 Å². The van der Waals surface area contributed by atoms with E-state index in [-0.39, 0.29) is 0 Å². The van der Waals surface area contributed by atoms with E-state index in [1.807, 2.05) is 24.3 Å². The lowest BCUT2D eigenvalue weighted by molar-refractivity contribution is 0.669. The van der Waals surface area contributed by atoms with E-state index in [1.165, 1.54) is 5.56 Å². The Balaban J connectivity index is 1.20. The highest BCUT2D eigenvalue weighted by molar-refractivity contribution is 6.27. The fourth-order valence-electron chi connectivity index (χ4n) is 8.86. The van der Waals surface area contributed by atoms with Crippen molar-refractivity contribution in [2.45, 2.75) is 0 Å². The van der Waals surface area contributed by atoms with Crippen molar-refractivity contribution in [2.24, 2.45) is 0 Å². The molecule has 0 aliphatic heterocycles. The Kier molecular flexibility index (Phi) is 5.77. The Hall–Kier alpha value is -7.10. The molecule has 3 aromatic heterocycles. The molecule has 0 N–H and O–H groups in total. The van der Waals surface area contributed by atoms with E-state index in [2.05, 4.69) is 146 Å². The first-order valence-electron chi connectivity index (χ1n) is 18.0. The van der Waals surface area contributed by atoms with Gasteiger partial charge in [0.05, 0.1) is 0 Å². The monoisotopic (exact) mass is 676 g/mol. The maximum Gasteiger partial charge on any atom is 0.143 e. The highest BCUT2D eigenvalue weighted by atomic mass is 16.3. The van der Waals surface area contributed by atoms with Gasteiger partial charge in [-0.05, 0) is 51.4 Å². The molecule has 12 aromatic rings. The minimum Gasteiger partial charge on any atom is -0.455 e. The predicted octanol–water partition coefficient (Wildman–Crippen LogP) is 14.7. The summed E-state index contributed by atoms with van der Waals surface area (Å²) in [6.45, 7) is 0. The Morgan fingerprint density at radius 3 is 1.13 bits per heavy atom. The first-order chi connectivity index (χ1) is 26.3. The van der Waals surface area contributed by atoms with Gasteiger partial charge in [0.1, 0.15) is 33.5 Å². The second-order valence-corrected chi connectivity index (χ2v) is 13.9. The zero-order chi connectivity index (χ0) is 34.6. The van der Waals surface area contributed by atoms with E-state index < -0.39 is 0 Å². The molecule has 0 fully saturated rings. The van der Waals surface area contributed by atoms with Crippen molar-refractivity contribution in [3.05, 3.63) is 170 Å². The Morgan fingerprint density at radius 2 is 0.585 bits per heavy atom. The summed E-state index contributed by atoms with van der Waals surface area (Å²) in [5.41, 5.74) is 11.9. The van der Waals surface area contributed by atoms with Gasteiger partial charge < -0.3 is 13.3 Å². The summed E-state index contributed by atoms with van der Waals surface area (Å²) in [6, 6.07) is 59.9. The van der Waals surface area contributed by atoms with Crippen LogP contribution in [0.1, 0.15) is 0 Å². The van der Waals surface area contributed by atoms with Crippen LogP contribution in [0, 0.1) is 0 Å². The van der Waals surface area contributed by atoms with Crippen LogP contribution < -0.4 is 0 Å². The van der Waals surface area contributed by atoms with E-state index in [0.29, 0.717) is 0 Å². The zero-order valence-electron chi connectivity index (χ0n) is 28.4. The Bertz CT molecular complexity index is 3410. The number of hydrogen-bond acceptors (Lipinski definition) is 3. The van der Waals surface area contributed by atoms with Crippen LogP contribution in [-0.4, -0.2) is 0 Å². The summed E-state index contributed by atoms with van der Waals surface area (Å²) < 4.78 is 20.1. The summed E-state index contributed by atoms with van der Waals surface area (Å²) in [5.74, 6) is 0.